The summed E-state index contributed by atoms with van der Waals surface area (Å²) in [6.07, 6.45) is 7.55. The standard InChI is InChI=1S/C32H41N5O6/c1-6-7-15-43-32(42)35(5)21(4)29(38)34-28(20(2)3)30(39)36-14-10-13-26(36)22-16-23(18-33-17-22)37-19-25(31(40)41)24-11-8-9-12-27(24)37/h8-9,11-12,16-21,26,28H,6-7,10,13-15H2,1-5H3,(H,34,38)(H,40,41)/t21-,26-,28-/m0/s1. The van der Waals surface area contributed by atoms with E-state index >= 15 is 0 Å². The number of aromatic nitrogens is 2. The number of likely N-dealkylation sites (tertiary alicyclic amines) is 1. The van der Waals surface area contributed by atoms with E-state index in [0.29, 0.717) is 17.6 Å². The van der Waals surface area contributed by atoms with Crippen molar-refractivity contribution < 1.29 is 29.0 Å². The van der Waals surface area contributed by atoms with Crippen LogP contribution in [0.25, 0.3) is 16.6 Å². The number of aromatic carboxylic acids is 1. The highest BCUT2D eigenvalue weighted by molar-refractivity contribution is 6.04. The van der Waals surface area contributed by atoms with Gasteiger partial charge >= 0.3 is 12.1 Å². The smallest absolute Gasteiger partial charge is 0.410 e. The molecule has 0 radical (unpaired) electrons. The number of nitrogens with one attached hydrogen (secondary N) is 1. The molecule has 2 aromatic heterocycles. The number of hydrogen-bond donors (Lipinski definition) is 2. The molecule has 43 heavy (non-hydrogen) atoms. The van der Waals surface area contributed by atoms with Gasteiger partial charge in [0.1, 0.15) is 12.1 Å². The van der Waals surface area contributed by atoms with E-state index in [1.54, 1.807) is 47.1 Å². The van der Waals surface area contributed by atoms with Crippen LogP contribution < -0.4 is 5.32 Å². The monoisotopic (exact) mass is 591 g/mol. The third kappa shape index (κ3) is 6.81. The maximum Gasteiger partial charge on any atom is 0.410 e. The lowest BCUT2D eigenvalue weighted by Crippen LogP contribution is -2.55. The Labute approximate surface area is 251 Å². The predicted molar refractivity (Wildman–Crippen MR) is 162 cm³/mol. The highest BCUT2D eigenvalue weighted by Gasteiger charge is 2.37. The maximum absolute atomic E-state index is 13.9. The van der Waals surface area contributed by atoms with Gasteiger partial charge in [-0.05, 0) is 49.8 Å². The van der Waals surface area contributed by atoms with Gasteiger partial charge in [0.2, 0.25) is 11.8 Å². The van der Waals surface area contributed by atoms with Crippen LogP contribution in [-0.4, -0.2) is 80.6 Å². The first-order valence-corrected chi connectivity index (χ1v) is 14.8. The number of fused-ring (bicyclic) bond motifs is 1. The molecule has 1 saturated heterocycles. The highest BCUT2D eigenvalue weighted by atomic mass is 16.6. The van der Waals surface area contributed by atoms with E-state index in [1.807, 2.05) is 39.0 Å². The number of hydrogen-bond acceptors (Lipinski definition) is 6. The fraction of sp³-hybridized carbons (Fsp3) is 0.469. The lowest BCUT2D eigenvalue weighted by Gasteiger charge is -2.32. The SMILES string of the molecule is CCCCOC(=O)N(C)[C@@H](C)C(=O)N[C@H](C(=O)N1CCC[C@H]1c1cncc(-n2cc(C(=O)O)c3ccccc32)c1)C(C)C. The largest absolute Gasteiger partial charge is 0.478 e. The summed E-state index contributed by atoms with van der Waals surface area (Å²) in [6.45, 7) is 8.17. The van der Waals surface area contributed by atoms with Gasteiger partial charge in [0, 0.05) is 31.4 Å². The predicted octanol–water partition coefficient (Wildman–Crippen LogP) is 4.79. The number of carbonyl (C=O) groups is 4. The summed E-state index contributed by atoms with van der Waals surface area (Å²) < 4.78 is 7.04. The molecule has 4 rings (SSSR count). The van der Waals surface area contributed by atoms with Crippen LogP contribution in [0, 0.1) is 5.92 Å². The number of carbonyl (C=O) groups excluding carboxylic acids is 3. The second-order valence-electron chi connectivity index (χ2n) is 11.4. The summed E-state index contributed by atoms with van der Waals surface area (Å²) >= 11 is 0. The first-order chi connectivity index (χ1) is 20.5. The summed E-state index contributed by atoms with van der Waals surface area (Å²) in [5.74, 6) is -1.84. The highest BCUT2D eigenvalue weighted by Crippen LogP contribution is 2.34. The maximum atomic E-state index is 13.9. The van der Waals surface area contributed by atoms with Gasteiger partial charge in [-0.15, -0.1) is 0 Å². The first-order valence-electron chi connectivity index (χ1n) is 14.8. The van der Waals surface area contributed by atoms with Crippen molar-refractivity contribution >= 4 is 34.8 Å². The minimum absolute atomic E-state index is 0.197. The fourth-order valence-corrected chi connectivity index (χ4v) is 5.41. The molecule has 11 heteroatoms. The zero-order valence-electron chi connectivity index (χ0n) is 25.4. The van der Waals surface area contributed by atoms with Gasteiger partial charge in [-0.2, -0.15) is 0 Å². The number of para-hydroxylation sites is 1. The van der Waals surface area contributed by atoms with Crippen LogP contribution in [0.15, 0.2) is 48.9 Å². The van der Waals surface area contributed by atoms with E-state index in [4.69, 9.17) is 4.74 Å². The Morgan fingerprint density at radius 1 is 1.16 bits per heavy atom. The summed E-state index contributed by atoms with van der Waals surface area (Å²) in [7, 11) is 1.51. The Morgan fingerprint density at radius 2 is 1.91 bits per heavy atom. The van der Waals surface area contributed by atoms with Crippen molar-refractivity contribution in [2.75, 3.05) is 20.2 Å². The molecule has 0 unspecified atom stereocenters. The molecule has 0 saturated carbocycles. The molecule has 3 amide bonds. The Balaban J connectivity index is 1.53. The van der Waals surface area contributed by atoms with Crippen LogP contribution in [0.1, 0.15) is 75.3 Å². The van der Waals surface area contributed by atoms with Gasteiger partial charge < -0.3 is 24.6 Å². The molecule has 3 aromatic rings. The Morgan fingerprint density at radius 3 is 2.60 bits per heavy atom. The molecule has 0 spiro atoms. The third-order valence-electron chi connectivity index (χ3n) is 8.09. The van der Waals surface area contributed by atoms with E-state index in [-0.39, 0.29) is 30.0 Å². The van der Waals surface area contributed by atoms with Gasteiger partial charge in [-0.25, -0.2) is 9.59 Å². The lowest BCUT2D eigenvalue weighted by molar-refractivity contribution is -0.139. The quantitative estimate of drug-likeness (QED) is 0.306. The second kappa shape index (κ2) is 13.7. The van der Waals surface area contributed by atoms with Crippen molar-refractivity contribution in [3.63, 3.8) is 0 Å². The van der Waals surface area contributed by atoms with Crippen LogP contribution in [0.4, 0.5) is 4.79 Å². The normalized spacial score (nSPS) is 16.2. The summed E-state index contributed by atoms with van der Waals surface area (Å²) in [5.41, 5.74) is 2.46. The topological polar surface area (TPSA) is 134 Å². The van der Waals surface area contributed by atoms with Crippen molar-refractivity contribution in [2.24, 2.45) is 5.92 Å². The van der Waals surface area contributed by atoms with Gasteiger partial charge in [-0.1, -0.05) is 45.4 Å². The number of amides is 3. The number of carboxylic acid groups (broad SMARTS) is 1. The van der Waals surface area contributed by atoms with Crippen molar-refractivity contribution in [3.05, 3.63) is 60.0 Å². The molecule has 0 bridgehead atoms. The summed E-state index contributed by atoms with van der Waals surface area (Å²) in [5, 5.41) is 13.2. The van der Waals surface area contributed by atoms with Crippen molar-refractivity contribution in [1.82, 2.24) is 24.7 Å². The molecule has 1 aromatic carbocycles. The van der Waals surface area contributed by atoms with Crippen LogP contribution in [-0.2, 0) is 14.3 Å². The molecule has 1 fully saturated rings. The Hall–Kier alpha value is -4.41. The number of unbranched alkanes of at least 4 members (excludes halogenated alkanes) is 1. The average Bonchev–Trinajstić information content (AvgIpc) is 3.64. The third-order valence-corrected chi connectivity index (χ3v) is 8.09. The van der Waals surface area contributed by atoms with Crippen LogP contribution in [0.5, 0.6) is 0 Å². The average molecular weight is 592 g/mol. The van der Waals surface area contributed by atoms with Crippen molar-refractivity contribution in [2.45, 2.75) is 71.5 Å². The van der Waals surface area contributed by atoms with E-state index in [1.165, 1.54) is 11.9 Å². The van der Waals surface area contributed by atoms with Crippen LogP contribution in [0.2, 0.25) is 0 Å². The summed E-state index contributed by atoms with van der Waals surface area (Å²) in [4.78, 5) is 58.8. The zero-order valence-corrected chi connectivity index (χ0v) is 25.4. The minimum Gasteiger partial charge on any atom is -0.478 e. The summed E-state index contributed by atoms with van der Waals surface area (Å²) in [6, 6.07) is 7.36. The van der Waals surface area contributed by atoms with Crippen molar-refractivity contribution in [3.8, 4) is 5.69 Å². The van der Waals surface area contributed by atoms with Crippen LogP contribution in [0.3, 0.4) is 0 Å². The molecule has 0 aliphatic carbocycles. The zero-order chi connectivity index (χ0) is 31.3. The van der Waals surface area contributed by atoms with E-state index < -0.39 is 30.1 Å². The minimum atomic E-state index is -1.01. The van der Waals surface area contributed by atoms with Gasteiger partial charge in [0.25, 0.3) is 0 Å². The van der Waals surface area contributed by atoms with Crippen molar-refractivity contribution in [1.29, 1.82) is 0 Å². The van der Waals surface area contributed by atoms with Gasteiger partial charge in [0.05, 0.1) is 35.6 Å². The Kier molecular flexibility index (Phi) is 10.1. The molecule has 1 aliphatic heterocycles. The number of rotatable bonds is 11. The van der Waals surface area contributed by atoms with Gasteiger partial charge in [0.15, 0.2) is 0 Å². The molecular formula is C32H41N5O6. The number of nitrogens with zero attached hydrogens (tertiary/aromatic N) is 4. The lowest BCUT2D eigenvalue weighted by atomic mass is 10.00. The fourth-order valence-electron chi connectivity index (χ4n) is 5.41. The van der Waals surface area contributed by atoms with Crippen LogP contribution >= 0.6 is 0 Å². The number of pyridine rings is 1. The van der Waals surface area contributed by atoms with E-state index in [0.717, 1.165) is 36.8 Å². The van der Waals surface area contributed by atoms with E-state index in [2.05, 4.69) is 10.3 Å². The van der Waals surface area contributed by atoms with Gasteiger partial charge in [-0.3, -0.25) is 19.5 Å². The molecule has 3 heterocycles. The molecule has 1 aliphatic rings. The van der Waals surface area contributed by atoms with E-state index in [9.17, 15) is 24.3 Å². The molecular weight excluding hydrogens is 550 g/mol. The molecule has 2 N–H and O–H groups in total. The molecule has 11 nitrogen and oxygen atoms in total. The number of ether oxygens (including phenoxy) is 1. The number of carboxylic acids is 1. The number of likely N-dealkylation sites (N-methyl/N-ethyl adjacent to an activating group) is 1. The molecule has 230 valence electrons. The second-order valence-corrected chi connectivity index (χ2v) is 11.4. The first kappa shape index (κ1) is 31.5. The number of benzene rings is 1. The Bertz CT molecular complexity index is 1480. The molecule has 3 atom stereocenters.